The van der Waals surface area contributed by atoms with Crippen LogP contribution in [0, 0.1) is 6.92 Å². The number of rotatable bonds is 2. The fourth-order valence-corrected chi connectivity index (χ4v) is 2.49. The minimum Gasteiger partial charge on any atom is -0.444 e. The van der Waals surface area contributed by atoms with Gasteiger partial charge in [-0.15, -0.1) is 0 Å². The Morgan fingerprint density at radius 1 is 1.26 bits per heavy atom. The molecule has 1 aliphatic rings. The van der Waals surface area contributed by atoms with Crippen LogP contribution in [-0.4, -0.2) is 52.7 Å². The number of carbonyl (C=O) groups excluding carboxylic acids is 1. The van der Waals surface area contributed by atoms with Gasteiger partial charge in [-0.05, 0) is 40.2 Å². The van der Waals surface area contributed by atoms with Crippen molar-refractivity contribution >= 4 is 12.0 Å². The van der Waals surface area contributed by atoms with Crippen LogP contribution in [0.1, 0.15) is 38.6 Å². The van der Waals surface area contributed by atoms with Crippen LogP contribution < -0.4 is 10.6 Å². The second kappa shape index (κ2) is 7.12. The van der Waals surface area contributed by atoms with E-state index in [0.29, 0.717) is 32.1 Å². The Kier molecular flexibility index (Phi) is 5.41. The Morgan fingerprint density at radius 2 is 2.00 bits per heavy atom. The summed E-state index contributed by atoms with van der Waals surface area (Å²) in [4.78, 5) is 25.1. The maximum Gasteiger partial charge on any atom is 0.410 e. The van der Waals surface area contributed by atoms with E-state index in [2.05, 4.69) is 14.9 Å². The maximum absolute atomic E-state index is 12.2. The number of anilines is 1. The number of nitrogens with zero attached hydrogens (tertiary/aromatic N) is 4. The van der Waals surface area contributed by atoms with Gasteiger partial charge in [0.2, 0.25) is 5.95 Å². The van der Waals surface area contributed by atoms with Gasteiger partial charge in [0.05, 0.1) is 5.69 Å². The highest BCUT2D eigenvalue weighted by atomic mass is 16.6. The molecule has 2 N–H and O–H groups in total. The molecule has 7 nitrogen and oxygen atoms in total. The third-order valence-corrected chi connectivity index (χ3v) is 3.54. The van der Waals surface area contributed by atoms with Crippen molar-refractivity contribution in [2.24, 2.45) is 5.73 Å². The molecule has 1 aromatic rings. The standard InChI is InChI=1S/C16H27N5O2/c1-12-10-13(11-17)19-14(18-12)20-6-5-7-21(9-8-20)15(22)23-16(2,3)4/h10H,5-9,11,17H2,1-4H3. The molecule has 0 bridgehead atoms. The zero-order chi connectivity index (χ0) is 17.0. The number of hydrogen-bond acceptors (Lipinski definition) is 6. The molecule has 0 radical (unpaired) electrons. The first-order chi connectivity index (χ1) is 10.8. The summed E-state index contributed by atoms with van der Waals surface area (Å²) in [5.41, 5.74) is 6.96. The number of aromatic nitrogens is 2. The minimum atomic E-state index is -0.473. The molecule has 1 fully saturated rings. The molecule has 0 aromatic carbocycles. The number of nitrogens with two attached hydrogens (primary N) is 1. The number of carbonyl (C=O) groups is 1. The van der Waals surface area contributed by atoms with Gasteiger partial charge in [-0.1, -0.05) is 0 Å². The lowest BCUT2D eigenvalue weighted by Gasteiger charge is -2.26. The van der Waals surface area contributed by atoms with E-state index in [1.807, 2.05) is 33.8 Å². The lowest BCUT2D eigenvalue weighted by molar-refractivity contribution is 0.0263. The van der Waals surface area contributed by atoms with Crippen LogP contribution in [0.5, 0.6) is 0 Å². The first-order valence-electron chi connectivity index (χ1n) is 8.06. The molecule has 2 rings (SSSR count). The summed E-state index contributed by atoms with van der Waals surface area (Å²) in [5.74, 6) is 0.691. The van der Waals surface area contributed by atoms with Gasteiger partial charge in [-0.2, -0.15) is 0 Å². The number of aryl methyl sites for hydroxylation is 1. The first-order valence-corrected chi connectivity index (χ1v) is 8.06. The summed E-state index contributed by atoms with van der Waals surface area (Å²) in [6, 6.07) is 1.90. The molecule has 1 aliphatic heterocycles. The van der Waals surface area contributed by atoms with Crippen molar-refractivity contribution in [2.75, 3.05) is 31.1 Å². The molecule has 0 atom stereocenters. The Balaban J connectivity index is 2.04. The van der Waals surface area contributed by atoms with E-state index < -0.39 is 5.60 Å². The van der Waals surface area contributed by atoms with Crippen LogP contribution in [0.25, 0.3) is 0 Å². The van der Waals surface area contributed by atoms with E-state index in [1.165, 1.54) is 0 Å². The van der Waals surface area contributed by atoms with Crippen molar-refractivity contribution in [1.82, 2.24) is 14.9 Å². The van der Waals surface area contributed by atoms with E-state index in [0.717, 1.165) is 24.4 Å². The molecule has 1 saturated heterocycles. The Morgan fingerprint density at radius 3 is 2.65 bits per heavy atom. The van der Waals surface area contributed by atoms with Crippen LogP contribution in [0.15, 0.2) is 6.07 Å². The van der Waals surface area contributed by atoms with E-state index in [-0.39, 0.29) is 6.09 Å². The molecule has 0 aliphatic carbocycles. The second-order valence-corrected chi connectivity index (χ2v) is 6.81. The lowest BCUT2D eigenvalue weighted by Crippen LogP contribution is -2.39. The van der Waals surface area contributed by atoms with Gasteiger partial charge >= 0.3 is 6.09 Å². The lowest BCUT2D eigenvalue weighted by atomic mass is 10.2. The Bertz CT molecular complexity index is 556. The van der Waals surface area contributed by atoms with Gasteiger partial charge in [0.25, 0.3) is 0 Å². The fraction of sp³-hybridized carbons (Fsp3) is 0.688. The van der Waals surface area contributed by atoms with Gasteiger partial charge in [-0.3, -0.25) is 0 Å². The maximum atomic E-state index is 12.2. The highest BCUT2D eigenvalue weighted by molar-refractivity contribution is 5.68. The molecule has 0 spiro atoms. The summed E-state index contributed by atoms with van der Waals surface area (Å²) in [6.45, 7) is 10.8. The summed E-state index contributed by atoms with van der Waals surface area (Å²) in [7, 11) is 0. The minimum absolute atomic E-state index is 0.257. The van der Waals surface area contributed by atoms with Crippen LogP contribution in [0.2, 0.25) is 0 Å². The topological polar surface area (TPSA) is 84.6 Å². The summed E-state index contributed by atoms with van der Waals surface area (Å²) in [6.07, 6.45) is 0.598. The zero-order valence-electron chi connectivity index (χ0n) is 14.5. The van der Waals surface area contributed by atoms with Crippen molar-refractivity contribution in [1.29, 1.82) is 0 Å². The molecular formula is C16H27N5O2. The first kappa shape index (κ1) is 17.5. The van der Waals surface area contributed by atoms with E-state index in [9.17, 15) is 4.79 Å². The smallest absolute Gasteiger partial charge is 0.410 e. The van der Waals surface area contributed by atoms with Crippen LogP contribution >= 0.6 is 0 Å². The van der Waals surface area contributed by atoms with E-state index in [1.54, 1.807) is 4.90 Å². The van der Waals surface area contributed by atoms with Crippen molar-refractivity contribution in [3.05, 3.63) is 17.5 Å². The van der Waals surface area contributed by atoms with Gasteiger partial charge in [0, 0.05) is 38.4 Å². The van der Waals surface area contributed by atoms with Crippen molar-refractivity contribution in [3.63, 3.8) is 0 Å². The van der Waals surface area contributed by atoms with Crippen LogP contribution in [-0.2, 0) is 11.3 Å². The number of amides is 1. The highest BCUT2D eigenvalue weighted by Crippen LogP contribution is 2.15. The zero-order valence-corrected chi connectivity index (χ0v) is 14.5. The van der Waals surface area contributed by atoms with Crippen molar-refractivity contribution in [2.45, 2.75) is 46.3 Å². The molecule has 0 unspecified atom stereocenters. The third-order valence-electron chi connectivity index (χ3n) is 3.54. The molecular weight excluding hydrogens is 294 g/mol. The second-order valence-electron chi connectivity index (χ2n) is 6.81. The monoisotopic (exact) mass is 321 g/mol. The molecule has 1 aromatic heterocycles. The SMILES string of the molecule is Cc1cc(CN)nc(N2CCCN(C(=O)OC(C)(C)C)CC2)n1. The van der Waals surface area contributed by atoms with Gasteiger partial charge in [0.15, 0.2) is 0 Å². The number of ether oxygens (including phenoxy) is 1. The molecule has 7 heteroatoms. The average Bonchev–Trinajstić information content (AvgIpc) is 2.70. The van der Waals surface area contributed by atoms with Gasteiger partial charge < -0.3 is 20.3 Å². The quantitative estimate of drug-likeness (QED) is 0.892. The predicted molar refractivity (Wildman–Crippen MR) is 89.3 cm³/mol. The Labute approximate surface area is 137 Å². The molecule has 128 valence electrons. The van der Waals surface area contributed by atoms with E-state index in [4.69, 9.17) is 10.5 Å². The Hall–Kier alpha value is -1.89. The molecule has 23 heavy (non-hydrogen) atoms. The van der Waals surface area contributed by atoms with Crippen molar-refractivity contribution in [3.8, 4) is 0 Å². The van der Waals surface area contributed by atoms with Crippen molar-refractivity contribution < 1.29 is 9.53 Å². The molecule has 2 heterocycles. The van der Waals surface area contributed by atoms with Gasteiger partial charge in [-0.25, -0.2) is 14.8 Å². The third kappa shape index (κ3) is 5.06. The summed E-state index contributed by atoms with van der Waals surface area (Å²) < 4.78 is 5.45. The van der Waals surface area contributed by atoms with E-state index >= 15 is 0 Å². The molecule has 0 saturated carbocycles. The number of hydrogen-bond donors (Lipinski definition) is 1. The fourth-order valence-electron chi connectivity index (χ4n) is 2.49. The summed E-state index contributed by atoms with van der Waals surface area (Å²) >= 11 is 0. The highest BCUT2D eigenvalue weighted by Gasteiger charge is 2.25. The predicted octanol–water partition coefficient (Wildman–Crippen LogP) is 1.69. The normalized spacial score (nSPS) is 16.2. The summed E-state index contributed by atoms with van der Waals surface area (Å²) in [5, 5.41) is 0. The van der Waals surface area contributed by atoms with Crippen LogP contribution in [0.4, 0.5) is 10.7 Å². The largest absolute Gasteiger partial charge is 0.444 e. The van der Waals surface area contributed by atoms with Gasteiger partial charge in [0.1, 0.15) is 5.60 Å². The van der Waals surface area contributed by atoms with Crippen LogP contribution in [0.3, 0.4) is 0 Å². The molecule has 1 amide bonds. The average molecular weight is 321 g/mol.